The maximum absolute atomic E-state index is 11.0. The molecule has 0 radical (unpaired) electrons. The standard InChI is InChI=1S/C20H30O4/c1-5-6-7-8-9-20(14-16(2)24-17(3)21)23-15-18-10-12-19(22-4)13-11-18/h10-13,20H,2,5-9,14-15H2,1,3-4H3/t20-/m1/s1. The van der Waals surface area contributed by atoms with Gasteiger partial charge in [0.15, 0.2) is 0 Å². The van der Waals surface area contributed by atoms with Crippen molar-refractivity contribution in [2.24, 2.45) is 0 Å². The zero-order valence-corrected chi connectivity index (χ0v) is 15.2. The molecule has 1 atom stereocenters. The summed E-state index contributed by atoms with van der Waals surface area (Å²) in [7, 11) is 1.65. The minimum absolute atomic E-state index is 0.0100. The van der Waals surface area contributed by atoms with Crippen molar-refractivity contribution < 1.29 is 19.0 Å². The lowest BCUT2D eigenvalue weighted by atomic mass is 10.1. The number of hydrogen-bond acceptors (Lipinski definition) is 4. The van der Waals surface area contributed by atoms with Crippen LogP contribution in [0.15, 0.2) is 36.6 Å². The molecule has 0 N–H and O–H groups in total. The first-order valence-corrected chi connectivity index (χ1v) is 8.65. The molecular formula is C20H30O4. The van der Waals surface area contributed by atoms with Gasteiger partial charge in [-0.2, -0.15) is 0 Å². The van der Waals surface area contributed by atoms with Gasteiger partial charge < -0.3 is 14.2 Å². The lowest BCUT2D eigenvalue weighted by Crippen LogP contribution is -2.15. The van der Waals surface area contributed by atoms with E-state index in [1.54, 1.807) is 7.11 Å². The lowest BCUT2D eigenvalue weighted by Gasteiger charge is -2.19. The summed E-state index contributed by atoms with van der Waals surface area (Å²) in [6.45, 7) is 7.92. The third-order valence-corrected chi connectivity index (χ3v) is 3.77. The molecule has 0 bridgehead atoms. The first-order valence-electron chi connectivity index (χ1n) is 8.65. The van der Waals surface area contributed by atoms with Gasteiger partial charge in [-0.15, -0.1) is 0 Å². The molecule has 24 heavy (non-hydrogen) atoms. The molecule has 0 saturated heterocycles. The molecule has 0 fully saturated rings. The quantitative estimate of drug-likeness (QED) is 0.306. The maximum Gasteiger partial charge on any atom is 0.307 e. The first-order chi connectivity index (χ1) is 11.5. The van der Waals surface area contributed by atoms with Crippen molar-refractivity contribution in [1.29, 1.82) is 0 Å². The van der Waals surface area contributed by atoms with Crippen LogP contribution in [-0.4, -0.2) is 19.2 Å². The highest BCUT2D eigenvalue weighted by atomic mass is 16.5. The average Bonchev–Trinajstić information content (AvgIpc) is 2.56. The minimum atomic E-state index is -0.333. The largest absolute Gasteiger partial charge is 0.497 e. The van der Waals surface area contributed by atoms with E-state index >= 15 is 0 Å². The average molecular weight is 334 g/mol. The van der Waals surface area contributed by atoms with E-state index in [2.05, 4.69) is 13.5 Å². The van der Waals surface area contributed by atoms with E-state index in [0.717, 1.165) is 24.2 Å². The van der Waals surface area contributed by atoms with Crippen LogP contribution in [0, 0.1) is 0 Å². The number of unbranched alkanes of at least 4 members (excludes halogenated alkanes) is 3. The molecule has 134 valence electrons. The van der Waals surface area contributed by atoms with E-state index in [-0.39, 0.29) is 12.1 Å². The molecule has 0 aliphatic carbocycles. The van der Waals surface area contributed by atoms with Gasteiger partial charge in [-0.05, 0) is 24.1 Å². The van der Waals surface area contributed by atoms with E-state index in [4.69, 9.17) is 14.2 Å². The Morgan fingerprint density at radius 3 is 2.46 bits per heavy atom. The van der Waals surface area contributed by atoms with Gasteiger partial charge in [-0.25, -0.2) is 0 Å². The summed E-state index contributed by atoms with van der Waals surface area (Å²) < 4.78 is 16.3. The molecular weight excluding hydrogens is 304 g/mol. The first kappa shape index (κ1) is 20.2. The molecule has 4 nitrogen and oxygen atoms in total. The van der Waals surface area contributed by atoms with Crippen molar-refractivity contribution in [3.63, 3.8) is 0 Å². The predicted octanol–water partition coefficient (Wildman–Crippen LogP) is 5.02. The summed E-state index contributed by atoms with van der Waals surface area (Å²) in [6, 6.07) is 7.83. The second kappa shape index (κ2) is 11.7. The van der Waals surface area contributed by atoms with Crippen LogP contribution in [-0.2, 0) is 20.9 Å². The predicted molar refractivity (Wildman–Crippen MR) is 95.9 cm³/mol. The van der Waals surface area contributed by atoms with E-state index in [1.165, 1.54) is 26.2 Å². The van der Waals surface area contributed by atoms with Crippen LogP contribution in [0.3, 0.4) is 0 Å². The second-order valence-electron chi connectivity index (χ2n) is 5.97. The van der Waals surface area contributed by atoms with Crippen molar-refractivity contribution in [3.8, 4) is 5.75 Å². The molecule has 1 aromatic rings. The molecule has 0 aliphatic rings. The van der Waals surface area contributed by atoms with Gasteiger partial charge in [0.2, 0.25) is 0 Å². The fourth-order valence-corrected chi connectivity index (χ4v) is 2.48. The van der Waals surface area contributed by atoms with Crippen LogP contribution in [0.4, 0.5) is 0 Å². The molecule has 0 heterocycles. The van der Waals surface area contributed by atoms with Crippen molar-refractivity contribution >= 4 is 5.97 Å². The Morgan fingerprint density at radius 1 is 1.17 bits per heavy atom. The number of methoxy groups -OCH3 is 1. The van der Waals surface area contributed by atoms with Gasteiger partial charge in [0, 0.05) is 13.3 Å². The van der Waals surface area contributed by atoms with E-state index in [0.29, 0.717) is 18.8 Å². The summed E-state index contributed by atoms with van der Waals surface area (Å²) in [6.07, 6.45) is 6.23. The summed E-state index contributed by atoms with van der Waals surface area (Å²) in [5, 5.41) is 0. The van der Waals surface area contributed by atoms with Gasteiger partial charge in [0.25, 0.3) is 0 Å². The highest BCUT2D eigenvalue weighted by Crippen LogP contribution is 2.19. The summed E-state index contributed by atoms with van der Waals surface area (Å²) >= 11 is 0. The van der Waals surface area contributed by atoms with Crippen LogP contribution < -0.4 is 4.74 Å². The van der Waals surface area contributed by atoms with E-state index < -0.39 is 0 Å². The normalized spacial score (nSPS) is 11.8. The Morgan fingerprint density at radius 2 is 1.88 bits per heavy atom. The lowest BCUT2D eigenvalue weighted by molar-refractivity contribution is -0.137. The van der Waals surface area contributed by atoms with E-state index in [9.17, 15) is 4.79 Å². The van der Waals surface area contributed by atoms with Crippen LogP contribution >= 0.6 is 0 Å². The van der Waals surface area contributed by atoms with Gasteiger partial charge >= 0.3 is 5.97 Å². The zero-order valence-electron chi connectivity index (χ0n) is 15.2. The molecule has 0 aromatic heterocycles. The number of hydrogen-bond donors (Lipinski definition) is 0. The van der Waals surface area contributed by atoms with Crippen molar-refractivity contribution in [2.45, 2.75) is 65.1 Å². The molecule has 0 aliphatic heterocycles. The number of benzene rings is 1. The summed E-state index contributed by atoms with van der Waals surface area (Å²) in [5.74, 6) is 0.968. The smallest absolute Gasteiger partial charge is 0.307 e. The van der Waals surface area contributed by atoms with Crippen LogP contribution in [0.5, 0.6) is 5.75 Å². The van der Waals surface area contributed by atoms with Gasteiger partial charge in [0.05, 0.1) is 19.8 Å². The van der Waals surface area contributed by atoms with Gasteiger partial charge in [-0.1, -0.05) is 51.3 Å². The zero-order chi connectivity index (χ0) is 17.8. The molecule has 1 rings (SSSR count). The molecule has 0 spiro atoms. The Balaban J connectivity index is 2.51. The van der Waals surface area contributed by atoms with Gasteiger partial charge in [0.1, 0.15) is 11.5 Å². The van der Waals surface area contributed by atoms with Crippen molar-refractivity contribution in [3.05, 3.63) is 42.2 Å². The third-order valence-electron chi connectivity index (χ3n) is 3.77. The highest BCUT2D eigenvalue weighted by molar-refractivity contribution is 5.67. The maximum atomic E-state index is 11.0. The second-order valence-corrected chi connectivity index (χ2v) is 5.97. The van der Waals surface area contributed by atoms with Crippen molar-refractivity contribution in [2.75, 3.05) is 7.11 Å². The van der Waals surface area contributed by atoms with Crippen LogP contribution in [0.25, 0.3) is 0 Å². The molecule has 1 aromatic carbocycles. The van der Waals surface area contributed by atoms with Crippen LogP contribution in [0.1, 0.15) is 57.9 Å². The number of esters is 1. The highest BCUT2D eigenvalue weighted by Gasteiger charge is 2.13. The Kier molecular flexibility index (Phi) is 9.85. The molecule has 0 saturated carbocycles. The fraction of sp³-hybridized carbons (Fsp3) is 0.550. The number of carbonyl (C=O) groups is 1. The van der Waals surface area contributed by atoms with Crippen LogP contribution in [0.2, 0.25) is 0 Å². The molecule has 4 heteroatoms. The SMILES string of the molecule is C=C(C[C@@H](CCCCCC)OCc1ccc(OC)cc1)OC(C)=O. The number of carbonyl (C=O) groups excluding carboxylic acids is 1. The summed E-state index contributed by atoms with van der Waals surface area (Å²) in [5.41, 5.74) is 1.09. The Bertz CT molecular complexity index is 493. The third kappa shape index (κ3) is 8.73. The van der Waals surface area contributed by atoms with Crippen molar-refractivity contribution in [1.82, 2.24) is 0 Å². The topological polar surface area (TPSA) is 44.8 Å². The Labute approximate surface area is 145 Å². The molecule has 0 amide bonds. The van der Waals surface area contributed by atoms with E-state index in [1.807, 2.05) is 24.3 Å². The fourth-order valence-electron chi connectivity index (χ4n) is 2.48. The number of rotatable bonds is 12. The number of ether oxygens (including phenoxy) is 3. The minimum Gasteiger partial charge on any atom is -0.497 e. The Hall–Kier alpha value is -1.81. The monoisotopic (exact) mass is 334 g/mol. The van der Waals surface area contributed by atoms with Gasteiger partial charge in [-0.3, -0.25) is 4.79 Å². The molecule has 0 unspecified atom stereocenters. The summed E-state index contributed by atoms with van der Waals surface area (Å²) in [4.78, 5) is 11.0.